The van der Waals surface area contributed by atoms with Crippen LogP contribution in [0.25, 0.3) is 0 Å². The van der Waals surface area contributed by atoms with Crippen LogP contribution in [0.1, 0.15) is 327 Å². The molecule has 1 aliphatic rings. The maximum atomic E-state index is 6.80. The van der Waals surface area contributed by atoms with Gasteiger partial charge in [-0.25, -0.2) is 0 Å². The van der Waals surface area contributed by atoms with Crippen LogP contribution < -0.4 is 36.4 Å². The first-order chi connectivity index (χ1) is 38.5. The van der Waals surface area contributed by atoms with Crippen LogP contribution in [0.3, 0.4) is 0 Å². The molecule has 0 amide bonds. The minimum absolute atomic E-state index is 0.0132. The molecule has 83 heavy (non-hydrogen) atoms. The van der Waals surface area contributed by atoms with Crippen molar-refractivity contribution < 1.29 is 0 Å². The SMILES string of the molecule is CC.CC(C)(C)C.CCC(C)(C)N.CCCCN(CCCC)c1nc(C(C)N(CCCCCCN(c2nc(N(CCCC)C(CC)CC(C)(C)C)nc(C(C)(C)N)n2)C(C)C)C2CC(C)(C)NC(C)(C)C2)nc(N(CCCC)CCCC)n1. The van der Waals surface area contributed by atoms with E-state index in [-0.39, 0.29) is 34.1 Å². The Balaban J connectivity index is 0.00000465. The van der Waals surface area contributed by atoms with Gasteiger partial charge in [-0.15, -0.1) is 0 Å². The van der Waals surface area contributed by atoms with Gasteiger partial charge in [-0.3, -0.25) is 4.90 Å². The number of piperidine rings is 1. The Morgan fingerprint density at radius 1 is 0.506 bits per heavy atom. The summed E-state index contributed by atoms with van der Waals surface area (Å²) in [7, 11) is 0. The number of anilines is 4. The molecule has 2 aromatic heterocycles. The number of nitrogens with zero attached hydrogens (tertiary/aromatic N) is 11. The van der Waals surface area contributed by atoms with E-state index in [1.165, 1.54) is 0 Å². The number of nitrogens with one attached hydrogen (secondary N) is 1. The quantitative estimate of drug-likeness (QED) is 0.0560. The molecule has 2 atom stereocenters. The van der Waals surface area contributed by atoms with Gasteiger partial charge >= 0.3 is 0 Å². The minimum atomic E-state index is -0.698. The monoisotopic (exact) mass is 1170 g/mol. The van der Waals surface area contributed by atoms with Crippen LogP contribution in [0.2, 0.25) is 0 Å². The second-order valence-corrected chi connectivity index (χ2v) is 29.9. The number of hydrogen-bond acceptors (Lipinski definition) is 14. The predicted octanol–water partition coefficient (Wildman–Crippen LogP) is 17.2. The molecule has 1 saturated heterocycles. The Morgan fingerprint density at radius 2 is 0.867 bits per heavy atom. The fraction of sp³-hybridized carbons (Fsp3) is 0.913. The molecule has 2 aromatic rings. The van der Waals surface area contributed by atoms with Crippen molar-refractivity contribution in [1.29, 1.82) is 0 Å². The second kappa shape index (κ2) is 39.1. The summed E-state index contributed by atoms with van der Waals surface area (Å²) in [4.78, 5) is 44.4. The van der Waals surface area contributed by atoms with Crippen LogP contribution in [0.5, 0.6) is 0 Å². The summed E-state index contributed by atoms with van der Waals surface area (Å²) in [5, 5.41) is 3.98. The number of unbranched alkanes of at least 4 members (excludes halogenated alkanes) is 8. The molecule has 488 valence electrons. The molecule has 1 aliphatic heterocycles. The summed E-state index contributed by atoms with van der Waals surface area (Å²) in [6, 6.07) is 0.985. The fourth-order valence-corrected chi connectivity index (χ4v) is 10.6. The third-order valence-electron chi connectivity index (χ3n) is 15.1. The number of hydrogen-bond donors (Lipinski definition) is 3. The van der Waals surface area contributed by atoms with Crippen molar-refractivity contribution in [2.45, 2.75) is 355 Å². The van der Waals surface area contributed by atoms with Crippen molar-refractivity contribution in [3.63, 3.8) is 0 Å². The molecule has 1 fully saturated rings. The Kier molecular flexibility index (Phi) is 37.7. The van der Waals surface area contributed by atoms with Gasteiger partial charge in [-0.2, -0.15) is 29.9 Å². The molecule has 0 bridgehead atoms. The zero-order valence-electron chi connectivity index (χ0n) is 60.3. The van der Waals surface area contributed by atoms with Crippen LogP contribution in [-0.4, -0.2) is 115 Å². The van der Waals surface area contributed by atoms with E-state index >= 15 is 0 Å². The van der Waals surface area contributed by atoms with Crippen LogP contribution >= 0.6 is 0 Å². The summed E-state index contributed by atoms with van der Waals surface area (Å²) in [5.41, 5.74) is 12.4. The normalized spacial score (nSPS) is 15.4. The summed E-state index contributed by atoms with van der Waals surface area (Å²) in [6.45, 7) is 66.7. The Bertz CT molecular complexity index is 1880. The lowest BCUT2D eigenvalue weighted by molar-refractivity contribution is 0.0392. The third-order valence-corrected chi connectivity index (χ3v) is 15.1. The van der Waals surface area contributed by atoms with Crippen LogP contribution in [0.15, 0.2) is 0 Å². The van der Waals surface area contributed by atoms with Crippen LogP contribution in [0, 0.1) is 10.8 Å². The predicted molar refractivity (Wildman–Crippen MR) is 367 cm³/mol. The van der Waals surface area contributed by atoms with Gasteiger partial charge < -0.3 is 36.4 Å². The zero-order chi connectivity index (χ0) is 64.0. The number of rotatable bonds is 35. The highest BCUT2D eigenvalue weighted by molar-refractivity contribution is 5.42. The average molecular weight is 1170 g/mol. The highest BCUT2D eigenvalue weighted by atomic mass is 15.4. The lowest BCUT2D eigenvalue weighted by Gasteiger charge is -2.51. The average Bonchev–Trinajstić information content (AvgIpc) is 3.59. The van der Waals surface area contributed by atoms with E-state index in [1.54, 1.807) is 0 Å². The van der Waals surface area contributed by atoms with E-state index in [0.29, 0.717) is 23.3 Å². The summed E-state index contributed by atoms with van der Waals surface area (Å²) < 4.78 is 0. The van der Waals surface area contributed by atoms with Gasteiger partial charge in [0.2, 0.25) is 23.8 Å². The Labute approximate surface area is 516 Å². The van der Waals surface area contributed by atoms with Crippen molar-refractivity contribution in [2.75, 3.05) is 65.4 Å². The smallest absolute Gasteiger partial charge is 0.230 e. The van der Waals surface area contributed by atoms with Gasteiger partial charge in [-0.1, -0.05) is 156 Å². The van der Waals surface area contributed by atoms with Gasteiger partial charge in [0.25, 0.3) is 0 Å². The van der Waals surface area contributed by atoms with Gasteiger partial charge in [0.15, 0.2) is 11.6 Å². The fourth-order valence-electron chi connectivity index (χ4n) is 10.6. The van der Waals surface area contributed by atoms with Crippen molar-refractivity contribution in [3.8, 4) is 0 Å². The third kappa shape index (κ3) is 33.7. The molecule has 0 aromatic carbocycles. The molecule has 14 nitrogen and oxygen atoms in total. The van der Waals surface area contributed by atoms with E-state index < -0.39 is 5.54 Å². The van der Waals surface area contributed by atoms with Gasteiger partial charge in [0, 0.05) is 74.0 Å². The first kappa shape index (κ1) is 80.1. The Morgan fingerprint density at radius 3 is 1.22 bits per heavy atom. The first-order valence-electron chi connectivity index (χ1n) is 34.2. The van der Waals surface area contributed by atoms with Gasteiger partial charge in [0.05, 0.1) is 11.6 Å². The first-order valence-corrected chi connectivity index (χ1v) is 34.2. The van der Waals surface area contributed by atoms with Gasteiger partial charge in [-0.05, 0) is 171 Å². The maximum absolute atomic E-state index is 6.80. The molecular weight excluding hydrogens is 1020 g/mol. The molecule has 2 unspecified atom stereocenters. The summed E-state index contributed by atoms with van der Waals surface area (Å²) >= 11 is 0. The van der Waals surface area contributed by atoms with Crippen LogP contribution in [0.4, 0.5) is 23.8 Å². The van der Waals surface area contributed by atoms with E-state index in [9.17, 15) is 0 Å². The van der Waals surface area contributed by atoms with E-state index in [4.69, 9.17) is 41.4 Å². The molecule has 3 heterocycles. The molecule has 0 spiro atoms. The molecule has 0 aliphatic carbocycles. The largest absolute Gasteiger partial charge is 0.341 e. The second-order valence-electron chi connectivity index (χ2n) is 29.9. The van der Waals surface area contributed by atoms with Crippen molar-refractivity contribution in [2.24, 2.45) is 22.3 Å². The van der Waals surface area contributed by atoms with Crippen molar-refractivity contribution in [3.05, 3.63) is 11.6 Å². The zero-order valence-corrected chi connectivity index (χ0v) is 60.3. The van der Waals surface area contributed by atoms with E-state index in [0.717, 1.165) is 197 Å². The topological polar surface area (TPSA) is 158 Å². The molecule has 0 saturated carbocycles. The van der Waals surface area contributed by atoms with E-state index in [1.807, 2.05) is 41.5 Å². The highest BCUT2D eigenvalue weighted by Gasteiger charge is 2.42. The summed E-state index contributed by atoms with van der Waals surface area (Å²) in [5.74, 6) is 4.83. The van der Waals surface area contributed by atoms with Gasteiger partial charge in [0.1, 0.15) is 0 Å². The standard InChI is InChI=1S/C57H111N13.C5H13N.C5H12.C2H6/c1-19-25-34-66(35-26-20-2)50-59-48(60-51(63-50)67(36-27-21-3)37-28-22-4)45(9)69(47-42-55(13,14)65-56(15,16)43-47)40-33-31-30-32-39-68(44(7)8)52-61-49(57(17,18)58)62-53(64-52)70(38-29-23-5)46(24-6)41-54(10,11)12;1-4-5(2,3)6;1-5(2,3)4;1-2/h44-47,65H,19-43,58H2,1-18H3;4,6H2,1-3H3;1-4H3;1-2H3. The summed E-state index contributed by atoms with van der Waals surface area (Å²) in [6.07, 6.45) is 21.0. The number of aromatic nitrogens is 6. The van der Waals surface area contributed by atoms with E-state index in [2.05, 4.69) is 175 Å². The molecule has 0 radical (unpaired) electrons. The highest BCUT2D eigenvalue weighted by Crippen LogP contribution is 2.37. The number of nitrogens with two attached hydrogens (primary N) is 2. The molecule has 3 rings (SSSR count). The van der Waals surface area contributed by atoms with Crippen molar-refractivity contribution in [1.82, 2.24) is 40.1 Å². The van der Waals surface area contributed by atoms with Crippen molar-refractivity contribution >= 4 is 23.8 Å². The minimum Gasteiger partial charge on any atom is -0.341 e. The lowest BCUT2D eigenvalue weighted by Crippen LogP contribution is -2.62. The lowest BCUT2D eigenvalue weighted by atomic mass is 9.78. The molecule has 14 heteroatoms. The molecular formula is C69H142N14. The molecule has 5 N–H and O–H groups in total. The van der Waals surface area contributed by atoms with Crippen LogP contribution in [-0.2, 0) is 5.54 Å². The maximum Gasteiger partial charge on any atom is 0.230 e. The Hall–Kier alpha value is -2.94.